The summed E-state index contributed by atoms with van der Waals surface area (Å²) in [6, 6.07) is 0. The molecule has 0 bridgehead atoms. The Morgan fingerprint density at radius 1 is 0.933 bits per heavy atom. The Kier molecular flexibility index (Phi) is 12.0. The van der Waals surface area contributed by atoms with E-state index in [9.17, 15) is 0 Å². The maximum absolute atomic E-state index is 2.75. The van der Waals surface area contributed by atoms with Gasteiger partial charge in [-0.1, -0.05) is 71.1 Å². The van der Waals surface area contributed by atoms with Gasteiger partial charge >= 0.3 is 0 Å². The summed E-state index contributed by atoms with van der Waals surface area (Å²) in [5.41, 5.74) is 0. The van der Waals surface area contributed by atoms with Gasteiger partial charge in [0, 0.05) is 0 Å². The van der Waals surface area contributed by atoms with Crippen LogP contribution >= 0.6 is 0 Å². The molecule has 0 radical (unpaired) electrons. The fourth-order valence-electron chi connectivity index (χ4n) is 1.99. The van der Waals surface area contributed by atoms with Crippen LogP contribution in [0, 0.1) is 5.92 Å². The highest BCUT2D eigenvalue weighted by molar-refractivity contribution is 4.68. The van der Waals surface area contributed by atoms with Crippen molar-refractivity contribution in [2.75, 3.05) is 14.1 Å². The molecule has 15 heavy (non-hydrogen) atoms. The van der Waals surface area contributed by atoms with Gasteiger partial charge in [0.15, 0.2) is 0 Å². The molecule has 1 N–H and O–H groups in total. The zero-order valence-electron chi connectivity index (χ0n) is 11.1. The maximum atomic E-state index is 2.75. The van der Waals surface area contributed by atoms with Crippen LogP contribution in [0.4, 0.5) is 0 Å². The molecule has 1 rings (SSSR count). The second-order valence-corrected chi connectivity index (χ2v) is 4.85. The lowest BCUT2D eigenvalue weighted by atomic mass is 9.81. The highest BCUT2D eigenvalue weighted by Gasteiger charge is 2.15. The van der Waals surface area contributed by atoms with E-state index < -0.39 is 0 Å². The second-order valence-electron chi connectivity index (χ2n) is 4.85. The van der Waals surface area contributed by atoms with Crippen LogP contribution in [0.15, 0.2) is 0 Å². The Morgan fingerprint density at radius 3 is 1.93 bits per heavy atom. The molecule has 0 aliphatic heterocycles. The van der Waals surface area contributed by atoms with Gasteiger partial charge in [-0.15, -0.1) is 0 Å². The zero-order valence-corrected chi connectivity index (χ0v) is 11.1. The van der Waals surface area contributed by atoms with Crippen molar-refractivity contribution < 1.29 is 0 Å². The monoisotopic (exact) mass is 213 g/mol. The molecular weight excluding hydrogens is 182 g/mol. The molecule has 0 aromatic rings. The molecule has 92 valence electrons. The molecule has 0 amide bonds. The molecule has 1 fully saturated rings. The van der Waals surface area contributed by atoms with E-state index >= 15 is 0 Å². The highest BCUT2D eigenvalue weighted by Crippen LogP contribution is 2.31. The van der Waals surface area contributed by atoms with Crippen molar-refractivity contribution in [2.24, 2.45) is 5.92 Å². The van der Waals surface area contributed by atoms with E-state index in [1.807, 2.05) is 14.1 Å². The first kappa shape index (κ1) is 15.0. The third-order valence-corrected chi connectivity index (χ3v) is 3.19. The van der Waals surface area contributed by atoms with Crippen molar-refractivity contribution in [1.29, 1.82) is 0 Å². The van der Waals surface area contributed by atoms with Gasteiger partial charge in [0.2, 0.25) is 0 Å². The predicted octanol–water partition coefficient (Wildman–Crippen LogP) is 4.37. The van der Waals surface area contributed by atoms with Crippen LogP contribution in [-0.4, -0.2) is 14.1 Å². The normalized spacial score (nSPS) is 15.4. The zero-order chi connectivity index (χ0) is 11.4. The largest absolute Gasteiger partial charge is 0.323 e. The Morgan fingerprint density at radius 2 is 1.47 bits per heavy atom. The standard InChI is InChI=1S/C12H24.C2H7N/c1-2-3-4-5-6-7-9-12-10-8-11-12;1-3-2/h12H,2-11H2,1H3;3H,1-2H3. The van der Waals surface area contributed by atoms with Crippen molar-refractivity contribution >= 4 is 0 Å². The number of nitrogens with one attached hydrogen (secondary N) is 1. The number of unbranched alkanes of at least 4 members (excludes halogenated alkanes) is 5. The van der Waals surface area contributed by atoms with E-state index in [2.05, 4.69) is 12.2 Å². The van der Waals surface area contributed by atoms with Gasteiger partial charge in [-0.25, -0.2) is 0 Å². The molecule has 0 saturated heterocycles. The van der Waals surface area contributed by atoms with Gasteiger partial charge in [-0.3, -0.25) is 0 Å². The van der Waals surface area contributed by atoms with E-state index in [1.54, 1.807) is 0 Å². The van der Waals surface area contributed by atoms with Gasteiger partial charge in [-0.2, -0.15) is 0 Å². The van der Waals surface area contributed by atoms with E-state index in [4.69, 9.17) is 0 Å². The van der Waals surface area contributed by atoms with E-state index in [1.165, 1.54) is 64.2 Å². The SMILES string of the molecule is CCCCCCCCC1CCC1.CNC. The quantitative estimate of drug-likeness (QED) is 0.619. The first-order valence-corrected chi connectivity index (χ1v) is 6.93. The van der Waals surface area contributed by atoms with Crippen LogP contribution in [0.2, 0.25) is 0 Å². The van der Waals surface area contributed by atoms with Crippen LogP contribution in [-0.2, 0) is 0 Å². The lowest BCUT2D eigenvalue weighted by Gasteiger charge is -2.24. The minimum Gasteiger partial charge on any atom is -0.323 e. The third kappa shape index (κ3) is 10.2. The first-order chi connectivity index (χ1) is 7.35. The Bertz CT molecular complexity index is 108. The van der Waals surface area contributed by atoms with Crippen molar-refractivity contribution in [3.8, 4) is 0 Å². The van der Waals surface area contributed by atoms with Gasteiger partial charge in [0.1, 0.15) is 0 Å². The average molecular weight is 213 g/mol. The minimum atomic E-state index is 1.14. The molecule has 1 saturated carbocycles. The lowest BCUT2D eigenvalue weighted by Crippen LogP contribution is -2.10. The summed E-state index contributed by atoms with van der Waals surface area (Å²) in [5.74, 6) is 1.14. The molecule has 1 aliphatic rings. The summed E-state index contributed by atoms with van der Waals surface area (Å²) in [4.78, 5) is 0. The smallest absolute Gasteiger partial charge is 0.0167 e. The first-order valence-electron chi connectivity index (χ1n) is 6.93. The molecule has 1 nitrogen and oxygen atoms in total. The van der Waals surface area contributed by atoms with E-state index in [0.717, 1.165) is 5.92 Å². The topological polar surface area (TPSA) is 12.0 Å². The Balaban J connectivity index is 0.000000583. The summed E-state index contributed by atoms with van der Waals surface area (Å²) in [6.07, 6.45) is 14.9. The Hall–Kier alpha value is -0.0400. The molecular formula is C14H31N. The van der Waals surface area contributed by atoms with Crippen LogP contribution < -0.4 is 5.32 Å². The second kappa shape index (κ2) is 12.0. The van der Waals surface area contributed by atoms with Crippen LogP contribution in [0.3, 0.4) is 0 Å². The molecule has 1 aliphatic carbocycles. The average Bonchev–Trinajstić information content (AvgIpc) is 2.15. The van der Waals surface area contributed by atoms with Crippen molar-refractivity contribution in [2.45, 2.75) is 71.1 Å². The molecule has 0 spiro atoms. The lowest BCUT2D eigenvalue weighted by molar-refractivity contribution is 0.286. The van der Waals surface area contributed by atoms with Gasteiger partial charge in [-0.05, 0) is 20.0 Å². The van der Waals surface area contributed by atoms with Crippen LogP contribution in [0.1, 0.15) is 71.1 Å². The summed E-state index contributed by atoms with van der Waals surface area (Å²) >= 11 is 0. The van der Waals surface area contributed by atoms with Gasteiger partial charge in [0.25, 0.3) is 0 Å². The molecule has 0 aromatic heterocycles. The highest BCUT2D eigenvalue weighted by atomic mass is 14.7. The summed E-state index contributed by atoms with van der Waals surface area (Å²) in [7, 11) is 3.75. The molecule has 0 aromatic carbocycles. The van der Waals surface area contributed by atoms with Gasteiger partial charge in [0.05, 0.1) is 0 Å². The number of rotatable bonds is 7. The summed E-state index contributed by atoms with van der Waals surface area (Å²) < 4.78 is 0. The molecule has 0 heterocycles. The van der Waals surface area contributed by atoms with Crippen LogP contribution in [0.5, 0.6) is 0 Å². The summed E-state index contributed by atoms with van der Waals surface area (Å²) in [5, 5.41) is 2.75. The third-order valence-electron chi connectivity index (χ3n) is 3.19. The van der Waals surface area contributed by atoms with E-state index in [0.29, 0.717) is 0 Å². The van der Waals surface area contributed by atoms with Gasteiger partial charge < -0.3 is 5.32 Å². The number of hydrogen-bond donors (Lipinski definition) is 1. The maximum Gasteiger partial charge on any atom is -0.0167 e. The van der Waals surface area contributed by atoms with Crippen molar-refractivity contribution in [1.82, 2.24) is 5.32 Å². The van der Waals surface area contributed by atoms with E-state index in [-0.39, 0.29) is 0 Å². The predicted molar refractivity (Wildman–Crippen MR) is 70.3 cm³/mol. The van der Waals surface area contributed by atoms with Crippen molar-refractivity contribution in [3.05, 3.63) is 0 Å². The van der Waals surface area contributed by atoms with Crippen molar-refractivity contribution in [3.63, 3.8) is 0 Å². The fourth-order valence-corrected chi connectivity index (χ4v) is 1.99. The number of hydrogen-bond acceptors (Lipinski definition) is 1. The summed E-state index contributed by atoms with van der Waals surface area (Å²) in [6.45, 7) is 2.29. The fraction of sp³-hybridized carbons (Fsp3) is 1.00. The Labute approximate surface area is 97.0 Å². The molecule has 1 heteroatoms. The molecule has 0 unspecified atom stereocenters. The van der Waals surface area contributed by atoms with Crippen LogP contribution in [0.25, 0.3) is 0 Å². The minimum absolute atomic E-state index is 1.14. The molecule has 0 atom stereocenters.